The first kappa shape index (κ1) is 8.20. The van der Waals surface area contributed by atoms with Gasteiger partial charge in [0.1, 0.15) is 0 Å². The molecule has 0 saturated heterocycles. The zero-order valence-electron chi connectivity index (χ0n) is 6.20. The molecule has 0 aromatic carbocycles. The average molecular weight is 171 g/mol. The average Bonchev–Trinajstić information content (AvgIpc) is 2.37. The summed E-state index contributed by atoms with van der Waals surface area (Å²) in [5.41, 5.74) is 0.884. The lowest BCUT2D eigenvalue weighted by molar-refractivity contribution is 0.0696. The van der Waals surface area contributed by atoms with Crippen molar-refractivity contribution < 1.29 is 9.90 Å². The van der Waals surface area contributed by atoms with Gasteiger partial charge in [-0.3, -0.25) is 0 Å². The molecule has 0 fully saturated rings. The molecule has 0 unspecified atom stereocenters. The van der Waals surface area contributed by atoms with E-state index in [-0.39, 0.29) is 5.01 Å². The van der Waals surface area contributed by atoms with Crippen molar-refractivity contribution in [2.24, 2.45) is 0 Å². The molecule has 4 heteroatoms. The molecule has 60 valence electrons. The van der Waals surface area contributed by atoms with Crippen LogP contribution in [0.2, 0.25) is 0 Å². The molecule has 0 radical (unpaired) electrons. The standard InChI is InChI=1S/C7H9NO2S/c1-2-3-5-4-11-6(8-5)7(9)10/h4H,2-3H2,1H3,(H,9,10). The van der Waals surface area contributed by atoms with Crippen LogP contribution in [-0.2, 0) is 6.42 Å². The van der Waals surface area contributed by atoms with Crippen LogP contribution in [0.1, 0.15) is 28.8 Å². The molecule has 0 aliphatic rings. The minimum absolute atomic E-state index is 0.188. The second-order valence-electron chi connectivity index (χ2n) is 2.20. The van der Waals surface area contributed by atoms with Crippen LogP contribution in [0.15, 0.2) is 5.38 Å². The molecule has 0 amide bonds. The maximum Gasteiger partial charge on any atom is 0.365 e. The Morgan fingerprint density at radius 3 is 3.00 bits per heavy atom. The summed E-state index contributed by atoms with van der Waals surface area (Å²) in [7, 11) is 0. The topological polar surface area (TPSA) is 50.2 Å². The van der Waals surface area contributed by atoms with Crippen LogP contribution in [-0.4, -0.2) is 16.1 Å². The van der Waals surface area contributed by atoms with Gasteiger partial charge in [0.15, 0.2) is 0 Å². The Kier molecular flexibility index (Phi) is 2.59. The van der Waals surface area contributed by atoms with E-state index in [9.17, 15) is 4.79 Å². The number of rotatable bonds is 3. The van der Waals surface area contributed by atoms with E-state index < -0.39 is 5.97 Å². The van der Waals surface area contributed by atoms with Gasteiger partial charge >= 0.3 is 5.97 Å². The maximum absolute atomic E-state index is 10.4. The third-order valence-corrected chi connectivity index (χ3v) is 2.12. The van der Waals surface area contributed by atoms with Crippen molar-refractivity contribution in [1.29, 1.82) is 0 Å². The maximum atomic E-state index is 10.4. The van der Waals surface area contributed by atoms with E-state index in [0.717, 1.165) is 18.5 Å². The van der Waals surface area contributed by atoms with Crippen molar-refractivity contribution in [3.05, 3.63) is 16.1 Å². The van der Waals surface area contributed by atoms with E-state index in [0.29, 0.717) is 0 Å². The summed E-state index contributed by atoms with van der Waals surface area (Å²) in [6.07, 6.45) is 1.87. The van der Waals surface area contributed by atoms with Gasteiger partial charge in [0.2, 0.25) is 5.01 Å². The zero-order valence-corrected chi connectivity index (χ0v) is 7.02. The highest BCUT2D eigenvalue weighted by molar-refractivity contribution is 7.11. The van der Waals surface area contributed by atoms with E-state index in [1.165, 1.54) is 11.3 Å². The smallest absolute Gasteiger partial charge is 0.365 e. The summed E-state index contributed by atoms with van der Waals surface area (Å²) in [5, 5.41) is 10.5. The Bertz CT molecular complexity index is 257. The van der Waals surface area contributed by atoms with Gasteiger partial charge in [0.05, 0.1) is 5.69 Å². The first-order valence-electron chi connectivity index (χ1n) is 3.41. The normalized spacial score (nSPS) is 9.91. The molecular weight excluding hydrogens is 162 g/mol. The molecule has 0 aliphatic carbocycles. The van der Waals surface area contributed by atoms with Gasteiger partial charge in [-0.2, -0.15) is 0 Å². The molecule has 0 aliphatic heterocycles. The number of hydrogen-bond acceptors (Lipinski definition) is 3. The van der Waals surface area contributed by atoms with Crippen LogP contribution in [0.5, 0.6) is 0 Å². The van der Waals surface area contributed by atoms with Crippen molar-refractivity contribution in [3.63, 3.8) is 0 Å². The minimum Gasteiger partial charge on any atom is -0.476 e. The monoisotopic (exact) mass is 171 g/mol. The Balaban J connectivity index is 2.73. The molecule has 1 aromatic heterocycles. The van der Waals surface area contributed by atoms with E-state index in [1.54, 1.807) is 5.38 Å². The van der Waals surface area contributed by atoms with E-state index in [1.807, 2.05) is 6.92 Å². The molecule has 0 saturated carbocycles. The van der Waals surface area contributed by atoms with Crippen molar-refractivity contribution in [3.8, 4) is 0 Å². The van der Waals surface area contributed by atoms with Crippen molar-refractivity contribution in [1.82, 2.24) is 4.98 Å². The SMILES string of the molecule is CCCc1csc(C(=O)O)n1. The highest BCUT2D eigenvalue weighted by Crippen LogP contribution is 2.10. The molecule has 3 nitrogen and oxygen atoms in total. The Hall–Kier alpha value is -0.900. The van der Waals surface area contributed by atoms with Gasteiger partial charge in [0, 0.05) is 5.38 Å². The Morgan fingerprint density at radius 1 is 1.82 bits per heavy atom. The summed E-state index contributed by atoms with van der Waals surface area (Å²) in [6, 6.07) is 0. The number of carbonyl (C=O) groups is 1. The lowest BCUT2D eigenvalue weighted by Gasteiger charge is -1.86. The first-order chi connectivity index (χ1) is 5.24. The largest absolute Gasteiger partial charge is 0.476 e. The van der Waals surface area contributed by atoms with Crippen LogP contribution in [0.3, 0.4) is 0 Å². The van der Waals surface area contributed by atoms with Crippen LogP contribution in [0.4, 0.5) is 0 Å². The molecule has 0 bridgehead atoms. The summed E-state index contributed by atoms with van der Waals surface area (Å²) < 4.78 is 0. The van der Waals surface area contributed by atoms with Crippen LogP contribution >= 0.6 is 11.3 Å². The lowest BCUT2D eigenvalue weighted by atomic mass is 10.3. The molecule has 1 N–H and O–H groups in total. The number of aromatic carboxylic acids is 1. The number of aryl methyl sites for hydroxylation is 1. The summed E-state index contributed by atoms with van der Waals surface area (Å²) in [4.78, 5) is 14.3. The van der Waals surface area contributed by atoms with Gasteiger partial charge in [-0.05, 0) is 6.42 Å². The van der Waals surface area contributed by atoms with E-state index in [4.69, 9.17) is 5.11 Å². The summed E-state index contributed by atoms with van der Waals surface area (Å²) >= 11 is 1.19. The van der Waals surface area contributed by atoms with Gasteiger partial charge < -0.3 is 5.11 Å². The van der Waals surface area contributed by atoms with Crippen LogP contribution < -0.4 is 0 Å². The number of carboxylic acid groups (broad SMARTS) is 1. The number of thiazole rings is 1. The molecule has 11 heavy (non-hydrogen) atoms. The zero-order chi connectivity index (χ0) is 8.27. The molecule has 1 heterocycles. The van der Waals surface area contributed by atoms with Crippen molar-refractivity contribution >= 4 is 17.3 Å². The summed E-state index contributed by atoms with van der Waals surface area (Å²) in [6.45, 7) is 2.04. The molecule has 1 aromatic rings. The van der Waals surface area contributed by atoms with Gasteiger partial charge in [-0.1, -0.05) is 13.3 Å². The van der Waals surface area contributed by atoms with Crippen LogP contribution in [0.25, 0.3) is 0 Å². The van der Waals surface area contributed by atoms with E-state index in [2.05, 4.69) is 4.98 Å². The number of hydrogen-bond donors (Lipinski definition) is 1. The fraction of sp³-hybridized carbons (Fsp3) is 0.429. The first-order valence-corrected chi connectivity index (χ1v) is 4.29. The molecular formula is C7H9NO2S. The third-order valence-electron chi connectivity index (χ3n) is 1.24. The van der Waals surface area contributed by atoms with Gasteiger partial charge in [0.25, 0.3) is 0 Å². The minimum atomic E-state index is -0.933. The molecule has 0 spiro atoms. The highest BCUT2D eigenvalue weighted by Gasteiger charge is 2.07. The molecule has 0 atom stereocenters. The Morgan fingerprint density at radius 2 is 2.55 bits per heavy atom. The predicted molar refractivity (Wildman–Crippen MR) is 43.1 cm³/mol. The number of carboxylic acids is 1. The lowest BCUT2D eigenvalue weighted by Crippen LogP contribution is -1.95. The highest BCUT2D eigenvalue weighted by atomic mass is 32.1. The predicted octanol–water partition coefficient (Wildman–Crippen LogP) is 1.79. The third kappa shape index (κ3) is 2.01. The van der Waals surface area contributed by atoms with Gasteiger partial charge in [-0.15, -0.1) is 11.3 Å². The second-order valence-corrected chi connectivity index (χ2v) is 3.06. The quantitative estimate of drug-likeness (QED) is 0.754. The van der Waals surface area contributed by atoms with Crippen LogP contribution in [0, 0.1) is 0 Å². The van der Waals surface area contributed by atoms with Crippen molar-refractivity contribution in [2.45, 2.75) is 19.8 Å². The Labute approximate surface area is 68.7 Å². The number of nitrogens with zero attached hydrogens (tertiary/aromatic N) is 1. The molecule has 1 rings (SSSR count). The van der Waals surface area contributed by atoms with E-state index >= 15 is 0 Å². The number of aromatic nitrogens is 1. The fourth-order valence-electron chi connectivity index (χ4n) is 0.776. The van der Waals surface area contributed by atoms with Crippen molar-refractivity contribution in [2.75, 3.05) is 0 Å². The van der Waals surface area contributed by atoms with Gasteiger partial charge in [-0.25, -0.2) is 9.78 Å². The second kappa shape index (κ2) is 3.48. The summed E-state index contributed by atoms with van der Waals surface area (Å²) in [5.74, 6) is -0.933. The fourth-order valence-corrected chi connectivity index (χ4v) is 1.47.